The van der Waals surface area contributed by atoms with Crippen LogP contribution >= 0.6 is 24.0 Å². The molecule has 132 valence electrons. The second-order valence-electron chi connectivity index (χ2n) is 6.82. The predicted octanol–water partition coefficient (Wildman–Crippen LogP) is 2.78. The van der Waals surface area contributed by atoms with E-state index in [2.05, 4.69) is 5.32 Å². The second-order valence-corrected chi connectivity index (χ2v) is 7.23. The Morgan fingerprint density at radius 2 is 1.92 bits per heavy atom. The van der Waals surface area contributed by atoms with Crippen molar-refractivity contribution >= 4 is 41.5 Å². The van der Waals surface area contributed by atoms with Gasteiger partial charge in [0.2, 0.25) is 5.91 Å². The molecule has 0 heterocycles. The van der Waals surface area contributed by atoms with Crippen molar-refractivity contribution in [3.63, 3.8) is 0 Å². The number of halogens is 2. The van der Waals surface area contributed by atoms with Crippen LogP contribution in [0.15, 0.2) is 18.2 Å². The van der Waals surface area contributed by atoms with E-state index in [9.17, 15) is 9.59 Å². The van der Waals surface area contributed by atoms with E-state index >= 15 is 0 Å². The van der Waals surface area contributed by atoms with Crippen LogP contribution in [0.5, 0.6) is 0 Å². The molecule has 0 aliphatic heterocycles. The summed E-state index contributed by atoms with van der Waals surface area (Å²) < 4.78 is 0. The number of nitrogens with one attached hydrogen (secondary N) is 1. The van der Waals surface area contributed by atoms with Crippen molar-refractivity contribution in [1.82, 2.24) is 4.90 Å². The third kappa shape index (κ3) is 3.39. The zero-order chi connectivity index (χ0) is 16.7. The van der Waals surface area contributed by atoms with Crippen LogP contribution in [0, 0.1) is 17.8 Å². The third-order valence-corrected chi connectivity index (χ3v) is 5.48. The lowest BCUT2D eigenvalue weighted by Gasteiger charge is -2.27. The van der Waals surface area contributed by atoms with E-state index < -0.39 is 0 Å². The van der Waals surface area contributed by atoms with Crippen molar-refractivity contribution in [2.24, 2.45) is 23.5 Å². The number of amides is 2. The zero-order valence-electron chi connectivity index (χ0n) is 13.8. The Hall–Kier alpha value is -1.30. The number of fused-ring (bicyclic) bond motifs is 2. The molecule has 24 heavy (non-hydrogen) atoms. The molecular weight excluding hydrogens is 349 g/mol. The first kappa shape index (κ1) is 19.0. The Morgan fingerprint density at radius 1 is 1.25 bits per heavy atom. The molecule has 0 saturated heterocycles. The molecule has 5 nitrogen and oxygen atoms in total. The van der Waals surface area contributed by atoms with Gasteiger partial charge in [-0.1, -0.05) is 11.6 Å². The van der Waals surface area contributed by atoms with Crippen LogP contribution in [0.25, 0.3) is 0 Å². The van der Waals surface area contributed by atoms with Crippen molar-refractivity contribution in [2.75, 3.05) is 19.4 Å². The van der Waals surface area contributed by atoms with Crippen LogP contribution in [0.2, 0.25) is 5.02 Å². The van der Waals surface area contributed by atoms with E-state index in [0.717, 1.165) is 19.3 Å². The molecule has 4 unspecified atom stereocenters. The van der Waals surface area contributed by atoms with Gasteiger partial charge in [0.15, 0.2) is 0 Å². The van der Waals surface area contributed by atoms with E-state index in [1.807, 2.05) is 0 Å². The fourth-order valence-electron chi connectivity index (χ4n) is 3.96. The molecular formula is C17H23Cl2N3O2. The average Bonchev–Trinajstić information content (AvgIpc) is 3.09. The SMILES string of the molecule is CN(C)C(=O)c1cc(NC(=O)C2C3CCC(C3)C2N)ccc1Cl.Cl. The fourth-order valence-corrected chi connectivity index (χ4v) is 4.16. The number of nitrogens with two attached hydrogens (primary N) is 1. The van der Waals surface area contributed by atoms with Crippen LogP contribution in [0.3, 0.4) is 0 Å². The quantitative estimate of drug-likeness (QED) is 0.857. The highest BCUT2D eigenvalue weighted by Gasteiger charge is 2.49. The number of hydrogen-bond donors (Lipinski definition) is 2. The summed E-state index contributed by atoms with van der Waals surface area (Å²) in [5, 5.41) is 3.29. The first-order chi connectivity index (χ1) is 10.9. The van der Waals surface area contributed by atoms with E-state index in [-0.39, 0.29) is 36.2 Å². The Labute approximate surface area is 153 Å². The molecule has 0 radical (unpaired) electrons. The molecule has 2 aliphatic rings. The van der Waals surface area contributed by atoms with Crippen molar-refractivity contribution in [2.45, 2.75) is 25.3 Å². The summed E-state index contributed by atoms with van der Waals surface area (Å²) in [6.07, 6.45) is 3.28. The molecule has 1 aromatic carbocycles. The number of nitrogens with zero attached hydrogens (tertiary/aromatic N) is 1. The maximum atomic E-state index is 12.6. The number of carbonyl (C=O) groups is 2. The van der Waals surface area contributed by atoms with Gasteiger partial charge in [0.25, 0.3) is 5.91 Å². The van der Waals surface area contributed by atoms with Gasteiger partial charge in [-0.25, -0.2) is 0 Å². The Kier molecular flexibility index (Phi) is 5.78. The van der Waals surface area contributed by atoms with E-state index in [0.29, 0.717) is 28.1 Å². The molecule has 1 aromatic rings. The Bertz CT molecular complexity index is 649. The molecule has 3 N–H and O–H groups in total. The lowest BCUT2D eigenvalue weighted by atomic mass is 9.84. The first-order valence-corrected chi connectivity index (χ1v) is 8.34. The molecule has 7 heteroatoms. The smallest absolute Gasteiger partial charge is 0.254 e. The average molecular weight is 372 g/mol. The lowest BCUT2D eigenvalue weighted by Crippen LogP contribution is -2.42. The topological polar surface area (TPSA) is 75.4 Å². The van der Waals surface area contributed by atoms with Gasteiger partial charge in [-0.2, -0.15) is 0 Å². The molecule has 2 aliphatic carbocycles. The first-order valence-electron chi connectivity index (χ1n) is 7.96. The Morgan fingerprint density at radius 3 is 2.50 bits per heavy atom. The molecule has 2 amide bonds. The summed E-state index contributed by atoms with van der Waals surface area (Å²) in [4.78, 5) is 26.2. The minimum absolute atomic E-state index is 0. The van der Waals surface area contributed by atoms with Gasteiger partial charge in [-0.05, 0) is 49.3 Å². The monoisotopic (exact) mass is 371 g/mol. The number of anilines is 1. The van der Waals surface area contributed by atoms with Crippen molar-refractivity contribution in [3.8, 4) is 0 Å². The summed E-state index contributed by atoms with van der Waals surface area (Å²) in [6.45, 7) is 0. The van der Waals surface area contributed by atoms with Crippen LogP contribution in [0.1, 0.15) is 29.6 Å². The highest BCUT2D eigenvalue weighted by Crippen LogP contribution is 2.47. The van der Waals surface area contributed by atoms with Gasteiger partial charge >= 0.3 is 0 Å². The molecule has 2 fully saturated rings. The van der Waals surface area contributed by atoms with E-state index in [1.165, 1.54) is 4.90 Å². The zero-order valence-corrected chi connectivity index (χ0v) is 15.4. The number of benzene rings is 1. The summed E-state index contributed by atoms with van der Waals surface area (Å²) in [7, 11) is 3.33. The van der Waals surface area contributed by atoms with Crippen LogP contribution < -0.4 is 11.1 Å². The highest BCUT2D eigenvalue weighted by molar-refractivity contribution is 6.34. The van der Waals surface area contributed by atoms with Crippen LogP contribution in [-0.2, 0) is 4.79 Å². The number of carbonyl (C=O) groups excluding carboxylic acids is 2. The summed E-state index contributed by atoms with van der Waals surface area (Å²) in [6, 6.07) is 4.92. The summed E-state index contributed by atoms with van der Waals surface area (Å²) in [5.41, 5.74) is 7.18. The maximum Gasteiger partial charge on any atom is 0.254 e. The summed E-state index contributed by atoms with van der Waals surface area (Å²) in [5.74, 6) is 0.507. The van der Waals surface area contributed by atoms with E-state index in [1.54, 1.807) is 32.3 Å². The molecule has 3 rings (SSSR count). The van der Waals surface area contributed by atoms with Gasteiger partial charge in [-0.3, -0.25) is 9.59 Å². The second kappa shape index (κ2) is 7.30. The van der Waals surface area contributed by atoms with Gasteiger partial charge in [0, 0.05) is 25.8 Å². The standard InChI is InChI=1S/C17H22ClN3O2.ClH/c1-21(2)17(23)12-8-11(5-6-13(12)18)20-16(22)14-9-3-4-10(7-9)15(14)19;/h5-6,8-10,14-15H,3-4,7,19H2,1-2H3,(H,20,22);1H. The van der Waals surface area contributed by atoms with E-state index in [4.69, 9.17) is 17.3 Å². The van der Waals surface area contributed by atoms with Gasteiger partial charge in [0.05, 0.1) is 16.5 Å². The minimum atomic E-state index is -0.192. The fraction of sp³-hybridized carbons (Fsp3) is 0.529. The summed E-state index contributed by atoms with van der Waals surface area (Å²) >= 11 is 6.09. The number of hydrogen-bond acceptors (Lipinski definition) is 3. The van der Waals surface area contributed by atoms with Gasteiger partial charge in [0.1, 0.15) is 0 Å². The van der Waals surface area contributed by atoms with Crippen molar-refractivity contribution < 1.29 is 9.59 Å². The minimum Gasteiger partial charge on any atom is -0.345 e. The number of rotatable bonds is 3. The van der Waals surface area contributed by atoms with Crippen molar-refractivity contribution in [1.29, 1.82) is 0 Å². The van der Waals surface area contributed by atoms with Crippen LogP contribution in [0.4, 0.5) is 5.69 Å². The van der Waals surface area contributed by atoms with Gasteiger partial charge in [-0.15, -0.1) is 12.4 Å². The Balaban J connectivity index is 0.00000208. The molecule has 2 saturated carbocycles. The van der Waals surface area contributed by atoms with Gasteiger partial charge < -0.3 is 16.0 Å². The molecule has 2 bridgehead atoms. The van der Waals surface area contributed by atoms with Crippen LogP contribution in [-0.4, -0.2) is 36.9 Å². The molecule has 0 spiro atoms. The normalized spacial score (nSPS) is 27.5. The lowest BCUT2D eigenvalue weighted by molar-refractivity contribution is -0.121. The maximum absolute atomic E-state index is 12.6. The third-order valence-electron chi connectivity index (χ3n) is 5.15. The predicted molar refractivity (Wildman–Crippen MR) is 97.6 cm³/mol. The largest absolute Gasteiger partial charge is 0.345 e. The molecule has 0 aromatic heterocycles. The highest BCUT2D eigenvalue weighted by atomic mass is 35.5. The van der Waals surface area contributed by atoms with Crippen molar-refractivity contribution in [3.05, 3.63) is 28.8 Å². The molecule has 4 atom stereocenters.